The van der Waals surface area contributed by atoms with E-state index in [1.807, 2.05) is 4.90 Å². The molecule has 0 atom stereocenters. The molecule has 1 saturated heterocycles. The molecule has 4 heteroatoms. The van der Waals surface area contributed by atoms with Crippen molar-refractivity contribution in [2.75, 3.05) is 46.4 Å². The minimum Gasteiger partial charge on any atom is -0.375 e. The van der Waals surface area contributed by atoms with Crippen molar-refractivity contribution in [1.29, 1.82) is 0 Å². The molecular weight excluding hydrogens is 228 g/mol. The molecule has 0 bridgehead atoms. The van der Waals surface area contributed by atoms with Gasteiger partial charge in [-0.05, 0) is 12.8 Å². The summed E-state index contributed by atoms with van der Waals surface area (Å²) in [6.45, 7) is 7.12. The van der Waals surface area contributed by atoms with Crippen molar-refractivity contribution in [3.63, 3.8) is 0 Å². The van der Waals surface area contributed by atoms with Crippen LogP contribution in [0.4, 0.5) is 0 Å². The lowest BCUT2D eigenvalue weighted by atomic mass is 10.3. The first kappa shape index (κ1) is 15.2. The standard InChI is InChI=1S/C14H26N2O2/c1-3-4-5-6-8-15-9-7-10-16(12-11-15)14(17)13-18-2/h5-6H,3-4,7-13H2,1-2H3. The Hall–Kier alpha value is -0.870. The summed E-state index contributed by atoms with van der Waals surface area (Å²) in [7, 11) is 1.57. The fourth-order valence-corrected chi connectivity index (χ4v) is 2.13. The summed E-state index contributed by atoms with van der Waals surface area (Å²) in [6.07, 6.45) is 7.91. The number of methoxy groups -OCH3 is 1. The molecule has 0 aromatic carbocycles. The predicted octanol–water partition coefficient (Wildman–Crippen LogP) is 1.52. The molecule has 0 aromatic rings. The van der Waals surface area contributed by atoms with Crippen LogP contribution in [0, 0.1) is 0 Å². The number of hydrogen-bond donors (Lipinski definition) is 0. The number of carbonyl (C=O) groups is 1. The normalized spacial score (nSPS) is 18.2. The molecule has 1 aliphatic rings. The van der Waals surface area contributed by atoms with Crippen molar-refractivity contribution in [3.05, 3.63) is 12.2 Å². The number of nitrogens with zero attached hydrogens (tertiary/aromatic N) is 2. The second-order valence-electron chi connectivity index (χ2n) is 4.73. The van der Waals surface area contributed by atoms with E-state index < -0.39 is 0 Å². The quantitative estimate of drug-likeness (QED) is 0.674. The average molecular weight is 254 g/mol. The van der Waals surface area contributed by atoms with Gasteiger partial charge in [-0.1, -0.05) is 25.5 Å². The molecular formula is C14H26N2O2. The number of rotatable bonds is 6. The Balaban J connectivity index is 2.30. The SMILES string of the molecule is CCCC=CCN1CCCN(C(=O)COC)CC1. The van der Waals surface area contributed by atoms with Crippen molar-refractivity contribution in [2.24, 2.45) is 0 Å². The third kappa shape index (κ3) is 5.65. The molecule has 18 heavy (non-hydrogen) atoms. The van der Waals surface area contributed by atoms with Crippen LogP contribution in [0.3, 0.4) is 0 Å². The summed E-state index contributed by atoms with van der Waals surface area (Å²) in [4.78, 5) is 16.1. The maximum absolute atomic E-state index is 11.7. The van der Waals surface area contributed by atoms with Crippen LogP contribution < -0.4 is 0 Å². The highest BCUT2D eigenvalue weighted by atomic mass is 16.5. The van der Waals surface area contributed by atoms with Gasteiger partial charge in [-0.2, -0.15) is 0 Å². The van der Waals surface area contributed by atoms with Gasteiger partial charge in [-0.25, -0.2) is 0 Å². The number of unbranched alkanes of at least 4 members (excludes halogenated alkanes) is 1. The van der Waals surface area contributed by atoms with Gasteiger partial charge in [0.1, 0.15) is 6.61 Å². The van der Waals surface area contributed by atoms with Crippen LogP contribution in [0.1, 0.15) is 26.2 Å². The molecule has 0 spiro atoms. The number of carbonyl (C=O) groups excluding carboxylic acids is 1. The highest BCUT2D eigenvalue weighted by Gasteiger charge is 2.17. The van der Waals surface area contributed by atoms with E-state index in [2.05, 4.69) is 24.0 Å². The van der Waals surface area contributed by atoms with Crippen LogP contribution in [0.25, 0.3) is 0 Å². The molecule has 1 rings (SSSR count). The van der Waals surface area contributed by atoms with E-state index in [1.54, 1.807) is 7.11 Å². The van der Waals surface area contributed by atoms with Gasteiger partial charge in [0.25, 0.3) is 0 Å². The Bertz CT molecular complexity index is 267. The second-order valence-corrected chi connectivity index (χ2v) is 4.73. The van der Waals surface area contributed by atoms with E-state index in [0.717, 1.165) is 45.6 Å². The van der Waals surface area contributed by atoms with Crippen LogP contribution in [0.2, 0.25) is 0 Å². The molecule has 1 aliphatic heterocycles. The molecule has 0 N–H and O–H groups in total. The molecule has 0 radical (unpaired) electrons. The van der Waals surface area contributed by atoms with Crippen LogP contribution in [0.5, 0.6) is 0 Å². The zero-order valence-electron chi connectivity index (χ0n) is 11.7. The maximum atomic E-state index is 11.7. The Morgan fingerprint density at radius 2 is 2.06 bits per heavy atom. The number of ether oxygens (including phenoxy) is 1. The zero-order chi connectivity index (χ0) is 13.2. The minimum absolute atomic E-state index is 0.112. The fourth-order valence-electron chi connectivity index (χ4n) is 2.13. The van der Waals surface area contributed by atoms with Gasteiger partial charge in [-0.3, -0.25) is 9.69 Å². The van der Waals surface area contributed by atoms with Gasteiger partial charge in [-0.15, -0.1) is 0 Å². The largest absolute Gasteiger partial charge is 0.375 e. The summed E-state index contributed by atoms with van der Waals surface area (Å²) in [6, 6.07) is 0. The first-order chi connectivity index (χ1) is 8.77. The molecule has 104 valence electrons. The van der Waals surface area contributed by atoms with Crippen molar-refractivity contribution < 1.29 is 9.53 Å². The van der Waals surface area contributed by atoms with Gasteiger partial charge in [0.15, 0.2) is 0 Å². The van der Waals surface area contributed by atoms with Crippen molar-refractivity contribution in [1.82, 2.24) is 9.80 Å². The third-order valence-corrected chi connectivity index (χ3v) is 3.19. The second kappa shape index (κ2) is 9.11. The maximum Gasteiger partial charge on any atom is 0.248 e. The lowest BCUT2D eigenvalue weighted by molar-refractivity contribution is -0.135. The van der Waals surface area contributed by atoms with Crippen LogP contribution in [-0.4, -0.2) is 62.1 Å². The number of amides is 1. The number of allylic oxidation sites excluding steroid dienone is 1. The Morgan fingerprint density at radius 1 is 1.22 bits per heavy atom. The zero-order valence-corrected chi connectivity index (χ0v) is 11.7. The van der Waals surface area contributed by atoms with Crippen LogP contribution in [-0.2, 0) is 9.53 Å². The summed E-state index contributed by atoms with van der Waals surface area (Å²) in [5, 5.41) is 0. The van der Waals surface area contributed by atoms with Crippen LogP contribution in [0.15, 0.2) is 12.2 Å². The highest BCUT2D eigenvalue weighted by molar-refractivity contribution is 5.77. The monoisotopic (exact) mass is 254 g/mol. The average Bonchev–Trinajstić information content (AvgIpc) is 2.60. The molecule has 0 unspecified atom stereocenters. The Labute approximate surface area is 111 Å². The van der Waals surface area contributed by atoms with E-state index in [9.17, 15) is 4.79 Å². The fraction of sp³-hybridized carbons (Fsp3) is 0.786. The summed E-state index contributed by atoms with van der Waals surface area (Å²) < 4.78 is 4.90. The highest BCUT2D eigenvalue weighted by Crippen LogP contribution is 2.04. The van der Waals surface area contributed by atoms with E-state index >= 15 is 0 Å². The summed E-state index contributed by atoms with van der Waals surface area (Å²) >= 11 is 0. The lowest BCUT2D eigenvalue weighted by Crippen LogP contribution is -2.37. The molecule has 1 fully saturated rings. The topological polar surface area (TPSA) is 32.8 Å². The van der Waals surface area contributed by atoms with Gasteiger partial charge < -0.3 is 9.64 Å². The molecule has 4 nitrogen and oxygen atoms in total. The lowest BCUT2D eigenvalue weighted by Gasteiger charge is -2.20. The summed E-state index contributed by atoms with van der Waals surface area (Å²) in [5.74, 6) is 0.112. The molecule has 0 aliphatic carbocycles. The molecule has 0 saturated carbocycles. The van der Waals surface area contributed by atoms with Crippen LogP contribution >= 0.6 is 0 Å². The molecule has 0 aromatic heterocycles. The first-order valence-electron chi connectivity index (χ1n) is 6.92. The van der Waals surface area contributed by atoms with Gasteiger partial charge in [0.2, 0.25) is 5.91 Å². The van der Waals surface area contributed by atoms with Crippen molar-refractivity contribution in [3.8, 4) is 0 Å². The Kier molecular flexibility index (Phi) is 7.69. The van der Waals surface area contributed by atoms with E-state index in [4.69, 9.17) is 4.74 Å². The number of hydrogen-bond acceptors (Lipinski definition) is 3. The minimum atomic E-state index is 0.112. The molecule has 1 amide bonds. The van der Waals surface area contributed by atoms with Gasteiger partial charge in [0.05, 0.1) is 0 Å². The van der Waals surface area contributed by atoms with E-state index in [0.29, 0.717) is 0 Å². The molecule has 1 heterocycles. The van der Waals surface area contributed by atoms with Crippen molar-refractivity contribution >= 4 is 5.91 Å². The van der Waals surface area contributed by atoms with Crippen molar-refractivity contribution in [2.45, 2.75) is 26.2 Å². The van der Waals surface area contributed by atoms with Gasteiger partial charge >= 0.3 is 0 Å². The summed E-state index contributed by atoms with van der Waals surface area (Å²) in [5.41, 5.74) is 0. The predicted molar refractivity (Wildman–Crippen MR) is 73.6 cm³/mol. The first-order valence-corrected chi connectivity index (χ1v) is 6.92. The van der Waals surface area contributed by atoms with Gasteiger partial charge in [0, 0.05) is 39.8 Å². The smallest absolute Gasteiger partial charge is 0.248 e. The van der Waals surface area contributed by atoms with E-state index in [-0.39, 0.29) is 12.5 Å². The Morgan fingerprint density at radius 3 is 2.78 bits per heavy atom. The van der Waals surface area contributed by atoms with E-state index in [1.165, 1.54) is 6.42 Å². The third-order valence-electron chi connectivity index (χ3n) is 3.19.